The van der Waals surface area contributed by atoms with Crippen LogP contribution in [0.4, 0.5) is 0 Å². The molecule has 1 aromatic carbocycles. The Morgan fingerprint density at radius 1 is 1.19 bits per heavy atom. The molecule has 4 rings (SSSR count). The fourth-order valence-corrected chi connectivity index (χ4v) is 4.20. The fraction of sp³-hybridized carbons (Fsp3) is 0.360. The van der Waals surface area contributed by atoms with Crippen molar-refractivity contribution in [2.24, 2.45) is 0 Å². The van der Waals surface area contributed by atoms with Gasteiger partial charge >= 0.3 is 0 Å². The third-order valence-corrected chi connectivity index (χ3v) is 5.99. The lowest BCUT2D eigenvalue weighted by Gasteiger charge is -2.16. The highest BCUT2D eigenvalue weighted by Gasteiger charge is 2.30. The van der Waals surface area contributed by atoms with Gasteiger partial charge in [0.25, 0.3) is 11.8 Å². The Bertz CT molecular complexity index is 1250. The van der Waals surface area contributed by atoms with E-state index in [2.05, 4.69) is 53.4 Å². The van der Waals surface area contributed by atoms with Crippen molar-refractivity contribution in [2.45, 2.75) is 46.6 Å². The molecule has 1 saturated heterocycles. The first-order chi connectivity index (χ1) is 15.4. The summed E-state index contributed by atoms with van der Waals surface area (Å²) in [4.78, 5) is 31.4. The van der Waals surface area contributed by atoms with E-state index in [1.54, 1.807) is 22.5 Å². The van der Waals surface area contributed by atoms with E-state index < -0.39 is 0 Å². The third kappa shape index (κ3) is 4.22. The van der Waals surface area contributed by atoms with Gasteiger partial charge in [-0.1, -0.05) is 35.7 Å². The van der Waals surface area contributed by atoms with Gasteiger partial charge in [-0.15, -0.1) is 0 Å². The molecule has 1 fully saturated rings. The minimum Gasteiger partial charge on any atom is -0.341 e. The zero-order chi connectivity index (χ0) is 22.8. The summed E-state index contributed by atoms with van der Waals surface area (Å²) >= 11 is 0. The number of likely N-dealkylation sites (tertiary alicyclic amines) is 1. The smallest absolute Gasteiger partial charge is 0.296 e. The molecule has 2 aromatic heterocycles. The SMILES string of the molecule is CC#CC(=O)NC1CCN(C(=O)c2cnn3c(C)c(Cc4ccc(C)cc4)c(C)nc23)C1. The van der Waals surface area contributed by atoms with E-state index in [9.17, 15) is 9.59 Å². The van der Waals surface area contributed by atoms with Gasteiger partial charge in [-0.05, 0) is 51.2 Å². The standard InChI is InChI=1S/C25H27N5O2/c1-5-6-23(31)28-20-11-12-29(15-20)25(32)22-14-26-30-18(4)21(17(3)27-24(22)30)13-19-9-7-16(2)8-10-19/h7-10,14,20H,11-13,15H2,1-4H3,(H,28,31). The van der Waals surface area contributed by atoms with Crippen LogP contribution in [0.3, 0.4) is 0 Å². The van der Waals surface area contributed by atoms with Gasteiger partial charge in [0.1, 0.15) is 5.56 Å². The number of nitrogens with one attached hydrogen (secondary N) is 1. The number of fused-ring (bicyclic) bond motifs is 1. The molecule has 0 spiro atoms. The van der Waals surface area contributed by atoms with E-state index in [4.69, 9.17) is 4.98 Å². The first-order valence-corrected chi connectivity index (χ1v) is 10.8. The second kappa shape index (κ2) is 8.83. The Labute approximate surface area is 187 Å². The monoisotopic (exact) mass is 429 g/mol. The molecule has 1 unspecified atom stereocenters. The molecule has 1 N–H and O–H groups in total. The van der Waals surface area contributed by atoms with Crippen molar-refractivity contribution in [1.29, 1.82) is 0 Å². The van der Waals surface area contributed by atoms with E-state index in [1.807, 2.05) is 13.8 Å². The van der Waals surface area contributed by atoms with Gasteiger partial charge < -0.3 is 10.2 Å². The average molecular weight is 430 g/mol. The van der Waals surface area contributed by atoms with Crippen LogP contribution in [0.15, 0.2) is 30.5 Å². The van der Waals surface area contributed by atoms with Crippen molar-refractivity contribution in [1.82, 2.24) is 24.8 Å². The number of aryl methyl sites for hydroxylation is 3. The molecule has 32 heavy (non-hydrogen) atoms. The Morgan fingerprint density at radius 3 is 2.66 bits per heavy atom. The third-order valence-electron chi connectivity index (χ3n) is 5.99. The molecule has 3 heterocycles. The van der Waals surface area contributed by atoms with E-state index in [1.165, 1.54) is 11.1 Å². The maximum absolute atomic E-state index is 13.2. The van der Waals surface area contributed by atoms with Crippen LogP contribution in [-0.4, -0.2) is 50.4 Å². The molecule has 2 amide bonds. The highest BCUT2D eigenvalue weighted by molar-refractivity contribution is 6.00. The normalized spacial score (nSPS) is 15.5. The van der Waals surface area contributed by atoms with Crippen LogP contribution in [0.2, 0.25) is 0 Å². The topological polar surface area (TPSA) is 79.6 Å². The number of rotatable bonds is 4. The molecule has 1 aliphatic rings. The molecule has 0 aliphatic carbocycles. The Morgan fingerprint density at radius 2 is 1.94 bits per heavy atom. The Hall–Kier alpha value is -3.66. The summed E-state index contributed by atoms with van der Waals surface area (Å²) in [5, 5.41) is 7.34. The van der Waals surface area contributed by atoms with Crippen LogP contribution in [0.5, 0.6) is 0 Å². The Kier molecular flexibility index (Phi) is 5.95. The Balaban J connectivity index is 1.57. The van der Waals surface area contributed by atoms with Gasteiger partial charge in [-0.25, -0.2) is 9.50 Å². The van der Waals surface area contributed by atoms with Crippen molar-refractivity contribution < 1.29 is 9.59 Å². The largest absolute Gasteiger partial charge is 0.341 e. The van der Waals surface area contributed by atoms with Crippen LogP contribution in [-0.2, 0) is 11.2 Å². The zero-order valence-electron chi connectivity index (χ0n) is 18.9. The number of amides is 2. The van der Waals surface area contributed by atoms with Crippen molar-refractivity contribution in [3.63, 3.8) is 0 Å². The summed E-state index contributed by atoms with van der Waals surface area (Å²) in [6.45, 7) is 8.72. The molecular weight excluding hydrogens is 402 g/mol. The molecular formula is C25H27N5O2. The first kappa shape index (κ1) is 21.6. The maximum Gasteiger partial charge on any atom is 0.296 e. The van der Waals surface area contributed by atoms with E-state index in [-0.39, 0.29) is 17.9 Å². The van der Waals surface area contributed by atoms with E-state index in [0.29, 0.717) is 30.7 Å². The van der Waals surface area contributed by atoms with Gasteiger partial charge in [-0.3, -0.25) is 9.59 Å². The predicted octanol–water partition coefficient (Wildman–Crippen LogP) is 2.60. The van der Waals surface area contributed by atoms with Crippen molar-refractivity contribution in [3.8, 4) is 11.8 Å². The molecule has 0 radical (unpaired) electrons. The van der Waals surface area contributed by atoms with Gasteiger partial charge in [-0.2, -0.15) is 5.10 Å². The molecule has 7 heteroatoms. The summed E-state index contributed by atoms with van der Waals surface area (Å²) in [6.07, 6.45) is 3.06. The molecule has 164 valence electrons. The summed E-state index contributed by atoms with van der Waals surface area (Å²) in [5.74, 6) is 4.64. The summed E-state index contributed by atoms with van der Waals surface area (Å²) in [6, 6.07) is 8.39. The lowest BCUT2D eigenvalue weighted by atomic mass is 10.0. The predicted molar refractivity (Wildman–Crippen MR) is 122 cm³/mol. The van der Waals surface area contributed by atoms with Gasteiger partial charge in [0, 0.05) is 36.9 Å². The van der Waals surface area contributed by atoms with Crippen LogP contribution in [0.25, 0.3) is 5.65 Å². The van der Waals surface area contributed by atoms with Crippen LogP contribution in [0, 0.1) is 32.6 Å². The lowest BCUT2D eigenvalue weighted by molar-refractivity contribution is -0.116. The molecule has 1 atom stereocenters. The highest BCUT2D eigenvalue weighted by atomic mass is 16.2. The minimum absolute atomic E-state index is 0.0910. The van der Waals surface area contributed by atoms with Crippen LogP contribution in [0.1, 0.15) is 51.8 Å². The van der Waals surface area contributed by atoms with Crippen molar-refractivity contribution >= 4 is 17.5 Å². The fourth-order valence-electron chi connectivity index (χ4n) is 4.20. The molecule has 1 aliphatic heterocycles. The van der Waals surface area contributed by atoms with Crippen LogP contribution >= 0.6 is 0 Å². The number of carbonyl (C=O) groups excluding carboxylic acids is 2. The summed E-state index contributed by atoms with van der Waals surface area (Å²) < 4.78 is 1.76. The highest BCUT2D eigenvalue weighted by Crippen LogP contribution is 2.22. The number of hydrogen-bond acceptors (Lipinski definition) is 4. The zero-order valence-corrected chi connectivity index (χ0v) is 18.9. The van der Waals surface area contributed by atoms with Gasteiger partial charge in [0.05, 0.1) is 6.20 Å². The summed E-state index contributed by atoms with van der Waals surface area (Å²) in [5.41, 5.74) is 6.49. The summed E-state index contributed by atoms with van der Waals surface area (Å²) in [7, 11) is 0. The number of hydrogen-bond donors (Lipinski definition) is 1. The van der Waals surface area contributed by atoms with E-state index >= 15 is 0 Å². The number of benzene rings is 1. The van der Waals surface area contributed by atoms with Gasteiger partial charge in [0.2, 0.25) is 0 Å². The molecule has 0 bridgehead atoms. The first-order valence-electron chi connectivity index (χ1n) is 10.8. The number of nitrogens with zero attached hydrogens (tertiary/aromatic N) is 4. The molecule has 3 aromatic rings. The molecule has 7 nitrogen and oxygen atoms in total. The second-order valence-electron chi connectivity index (χ2n) is 8.30. The average Bonchev–Trinajstić information content (AvgIpc) is 3.39. The quantitative estimate of drug-likeness (QED) is 0.647. The van der Waals surface area contributed by atoms with Crippen molar-refractivity contribution in [2.75, 3.05) is 13.1 Å². The maximum atomic E-state index is 13.2. The lowest BCUT2D eigenvalue weighted by Crippen LogP contribution is -2.37. The number of aromatic nitrogens is 3. The minimum atomic E-state index is -0.309. The number of carbonyl (C=O) groups is 2. The van der Waals surface area contributed by atoms with E-state index in [0.717, 1.165) is 23.4 Å². The van der Waals surface area contributed by atoms with Crippen LogP contribution < -0.4 is 5.32 Å². The van der Waals surface area contributed by atoms with Gasteiger partial charge in [0.15, 0.2) is 5.65 Å². The van der Waals surface area contributed by atoms with Crippen molar-refractivity contribution in [3.05, 3.63) is 64.1 Å². The molecule has 0 saturated carbocycles. The second-order valence-corrected chi connectivity index (χ2v) is 8.30.